The van der Waals surface area contributed by atoms with Crippen LogP contribution in [0.1, 0.15) is 30.1 Å². The van der Waals surface area contributed by atoms with Crippen molar-refractivity contribution in [3.8, 4) is 11.5 Å². The van der Waals surface area contributed by atoms with Gasteiger partial charge >= 0.3 is 0 Å². The highest BCUT2D eigenvalue weighted by Gasteiger charge is 2.16. The monoisotopic (exact) mass is 329 g/mol. The van der Waals surface area contributed by atoms with Crippen LogP contribution >= 0.6 is 15.9 Å². The maximum absolute atomic E-state index is 12.1. The number of halogens is 1. The fourth-order valence-corrected chi connectivity index (χ4v) is 1.94. The fourth-order valence-electron chi connectivity index (χ4n) is 1.71. The summed E-state index contributed by atoms with van der Waals surface area (Å²) < 4.78 is 10.4. The van der Waals surface area contributed by atoms with Crippen molar-refractivity contribution in [3.63, 3.8) is 0 Å². The molecule has 0 fully saturated rings. The molecular formula is C14H20BrNO3. The number of carbonyl (C=O) groups is 1. The molecule has 0 heterocycles. The van der Waals surface area contributed by atoms with E-state index in [9.17, 15) is 4.79 Å². The molecule has 0 saturated carbocycles. The van der Waals surface area contributed by atoms with E-state index in [1.807, 2.05) is 0 Å². The van der Waals surface area contributed by atoms with Gasteiger partial charge in [-0.1, -0.05) is 28.9 Å². The highest BCUT2D eigenvalue weighted by atomic mass is 79.9. The lowest BCUT2D eigenvalue weighted by Crippen LogP contribution is -2.26. The molecule has 1 aromatic carbocycles. The van der Waals surface area contributed by atoms with E-state index in [4.69, 9.17) is 9.47 Å². The minimum atomic E-state index is -0.147. The zero-order chi connectivity index (χ0) is 14.3. The Morgan fingerprint density at radius 1 is 1.37 bits per heavy atom. The number of methoxy groups -OCH3 is 2. The van der Waals surface area contributed by atoms with E-state index in [0.717, 1.165) is 12.8 Å². The summed E-state index contributed by atoms with van der Waals surface area (Å²) in [7, 11) is 3.08. The molecular weight excluding hydrogens is 310 g/mol. The minimum absolute atomic E-state index is 0.147. The SMILES string of the molecule is CCC(Br)CCNC(=O)c1cccc(OC)c1OC. The second kappa shape index (κ2) is 8.04. The molecule has 5 heteroatoms. The van der Waals surface area contributed by atoms with E-state index in [1.165, 1.54) is 7.11 Å². The lowest BCUT2D eigenvalue weighted by atomic mass is 10.1. The molecule has 0 aromatic heterocycles. The predicted molar refractivity (Wildman–Crippen MR) is 79.5 cm³/mol. The van der Waals surface area contributed by atoms with Crippen LogP contribution in [0.4, 0.5) is 0 Å². The molecule has 1 rings (SSSR count). The molecule has 4 nitrogen and oxygen atoms in total. The summed E-state index contributed by atoms with van der Waals surface area (Å²) in [5.41, 5.74) is 0.490. The molecule has 0 spiro atoms. The standard InChI is InChI=1S/C14H20BrNO3/c1-4-10(15)8-9-16-14(17)11-6-5-7-12(18-2)13(11)19-3/h5-7,10H,4,8-9H2,1-3H3,(H,16,17). The van der Waals surface area contributed by atoms with E-state index >= 15 is 0 Å². The van der Waals surface area contributed by atoms with Gasteiger partial charge in [-0.3, -0.25) is 4.79 Å². The van der Waals surface area contributed by atoms with Gasteiger partial charge < -0.3 is 14.8 Å². The molecule has 0 aliphatic carbocycles. The number of ether oxygens (including phenoxy) is 2. The van der Waals surface area contributed by atoms with Crippen molar-refractivity contribution in [1.82, 2.24) is 5.32 Å². The molecule has 0 saturated heterocycles. The fraction of sp³-hybridized carbons (Fsp3) is 0.500. The van der Waals surface area contributed by atoms with Crippen molar-refractivity contribution in [2.75, 3.05) is 20.8 Å². The molecule has 0 radical (unpaired) electrons. The van der Waals surface area contributed by atoms with Gasteiger partial charge in [0, 0.05) is 11.4 Å². The van der Waals surface area contributed by atoms with Crippen LogP contribution in [0.2, 0.25) is 0 Å². The predicted octanol–water partition coefficient (Wildman–Crippen LogP) is 3.00. The molecule has 1 amide bonds. The maximum Gasteiger partial charge on any atom is 0.255 e. The molecule has 1 N–H and O–H groups in total. The average molecular weight is 330 g/mol. The molecule has 19 heavy (non-hydrogen) atoms. The number of para-hydroxylation sites is 1. The Bertz CT molecular complexity index is 423. The Hall–Kier alpha value is -1.23. The van der Waals surface area contributed by atoms with Crippen LogP contribution in [-0.4, -0.2) is 31.5 Å². The second-order valence-corrected chi connectivity index (χ2v) is 5.39. The van der Waals surface area contributed by atoms with Crippen LogP contribution in [0.5, 0.6) is 11.5 Å². The first-order chi connectivity index (χ1) is 9.13. The van der Waals surface area contributed by atoms with Crippen molar-refractivity contribution in [2.24, 2.45) is 0 Å². The topological polar surface area (TPSA) is 47.6 Å². The third-order valence-electron chi connectivity index (χ3n) is 2.83. The summed E-state index contributed by atoms with van der Waals surface area (Å²) in [6.45, 7) is 2.73. The number of amides is 1. The van der Waals surface area contributed by atoms with Gasteiger partial charge in [0.25, 0.3) is 5.91 Å². The van der Waals surface area contributed by atoms with E-state index in [2.05, 4.69) is 28.2 Å². The smallest absolute Gasteiger partial charge is 0.255 e. The van der Waals surface area contributed by atoms with Crippen molar-refractivity contribution in [1.29, 1.82) is 0 Å². The van der Waals surface area contributed by atoms with Crippen LogP contribution in [0.15, 0.2) is 18.2 Å². The summed E-state index contributed by atoms with van der Waals surface area (Å²) in [5, 5.41) is 2.89. The molecule has 1 unspecified atom stereocenters. The Labute approximate surface area is 122 Å². The van der Waals surface area contributed by atoms with Gasteiger partial charge in [0.15, 0.2) is 11.5 Å². The van der Waals surface area contributed by atoms with Gasteiger partial charge in [0.1, 0.15) is 0 Å². The van der Waals surface area contributed by atoms with Crippen LogP contribution in [0.3, 0.4) is 0 Å². The van der Waals surface area contributed by atoms with Gasteiger partial charge in [-0.05, 0) is 25.0 Å². The van der Waals surface area contributed by atoms with Gasteiger partial charge in [-0.2, -0.15) is 0 Å². The summed E-state index contributed by atoms with van der Waals surface area (Å²) in [4.78, 5) is 12.5. The Balaban J connectivity index is 2.71. The number of rotatable bonds is 7. The molecule has 1 aromatic rings. The maximum atomic E-state index is 12.1. The lowest BCUT2D eigenvalue weighted by molar-refractivity contribution is 0.0949. The summed E-state index contributed by atoms with van der Waals surface area (Å²) in [6.07, 6.45) is 1.94. The number of hydrogen-bond acceptors (Lipinski definition) is 3. The first-order valence-electron chi connectivity index (χ1n) is 6.27. The normalized spacial score (nSPS) is 11.8. The minimum Gasteiger partial charge on any atom is -0.493 e. The van der Waals surface area contributed by atoms with E-state index in [0.29, 0.717) is 28.4 Å². The number of carbonyl (C=O) groups excluding carboxylic acids is 1. The summed E-state index contributed by atoms with van der Waals surface area (Å²) in [5.74, 6) is 0.877. The van der Waals surface area contributed by atoms with Gasteiger partial charge in [0.2, 0.25) is 0 Å². The Morgan fingerprint density at radius 2 is 2.11 bits per heavy atom. The quantitative estimate of drug-likeness (QED) is 0.782. The van der Waals surface area contributed by atoms with E-state index in [-0.39, 0.29) is 5.91 Å². The first-order valence-corrected chi connectivity index (χ1v) is 7.18. The number of benzene rings is 1. The lowest BCUT2D eigenvalue weighted by Gasteiger charge is -2.13. The number of hydrogen-bond donors (Lipinski definition) is 1. The van der Waals surface area contributed by atoms with Gasteiger partial charge in [-0.25, -0.2) is 0 Å². The summed E-state index contributed by atoms with van der Waals surface area (Å²) in [6, 6.07) is 5.26. The molecule has 0 bridgehead atoms. The second-order valence-electron chi connectivity index (χ2n) is 4.09. The van der Waals surface area contributed by atoms with Crippen molar-refractivity contribution < 1.29 is 14.3 Å². The largest absolute Gasteiger partial charge is 0.493 e. The van der Waals surface area contributed by atoms with Crippen LogP contribution in [0, 0.1) is 0 Å². The van der Waals surface area contributed by atoms with Crippen molar-refractivity contribution >= 4 is 21.8 Å². The zero-order valence-corrected chi connectivity index (χ0v) is 13.1. The average Bonchev–Trinajstić information content (AvgIpc) is 2.45. The number of nitrogens with one attached hydrogen (secondary N) is 1. The first kappa shape index (κ1) is 15.8. The van der Waals surface area contributed by atoms with Crippen LogP contribution in [-0.2, 0) is 0 Å². The van der Waals surface area contributed by atoms with Crippen LogP contribution < -0.4 is 14.8 Å². The highest BCUT2D eigenvalue weighted by Crippen LogP contribution is 2.30. The highest BCUT2D eigenvalue weighted by molar-refractivity contribution is 9.09. The Morgan fingerprint density at radius 3 is 2.68 bits per heavy atom. The molecule has 106 valence electrons. The van der Waals surface area contributed by atoms with Crippen molar-refractivity contribution in [2.45, 2.75) is 24.6 Å². The Kier molecular flexibility index (Phi) is 6.70. The summed E-state index contributed by atoms with van der Waals surface area (Å²) >= 11 is 3.54. The van der Waals surface area contributed by atoms with Gasteiger partial charge in [-0.15, -0.1) is 0 Å². The van der Waals surface area contributed by atoms with Gasteiger partial charge in [0.05, 0.1) is 19.8 Å². The molecule has 1 atom stereocenters. The third-order valence-corrected chi connectivity index (χ3v) is 3.94. The van der Waals surface area contributed by atoms with Crippen molar-refractivity contribution in [3.05, 3.63) is 23.8 Å². The molecule has 0 aliphatic rings. The zero-order valence-electron chi connectivity index (χ0n) is 11.5. The number of alkyl halides is 1. The molecule has 0 aliphatic heterocycles. The van der Waals surface area contributed by atoms with Crippen LogP contribution in [0.25, 0.3) is 0 Å². The van der Waals surface area contributed by atoms with E-state index < -0.39 is 0 Å². The van der Waals surface area contributed by atoms with E-state index in [1.54, 1.807) is 25.3 Å². The third kappa shape index (κ3) is 4.42.